The Morgan fingerprint density at radius 2 is 1.74 bits per heavy atom. The van der Waals surface area contributed by atoms with Gasteiger partial charge < -0.3 is 9.84 Å². The molecule has 2 aromatic carbocycles. The van der Waals surface area contributed by atoms with E-state index in [9.17, 15) is 14.7 Å². The van der Waals surface area contributed by atoms with Gasteiger partial charge in [0.15, 0.2) is 0 Å². The first-order chi connectivity index (χ1) is 15.1. The maximum absolute atomic E-state index is 13.0. The molecule has 1 aromatic heterocycles. The van der Waals surface area contributed by atoms with Gasteiger partial charge in [-0.05, 0) is 42.0 Å². The monoisotopic (exact) mass is 412 g/mol. The first-order valence-electron chi connectivity index (χ1n) is 9.73. The molecule has 6 heteroatoms. The third-order valence-corrected chi connectivity index (χ3v) is 4.95. The lowest BCUT2D eigenvalue weighted by atomic mass is 9.95. The van der Waals surface area contributed by atoms with Crippen molar-refractivity contribution in [2.45, 2.75) is 6.04 Å². The molecule has 1 amide bonds. The predicted octanol–water partition coefficient (Wildman–Crippen LogP) is 4.27. The molecule has 1 N–H and O–H groups in total. The number of aromatic nitrogens is 1. The molecular weight excluding hydrogens is 392 g/mol. The second-order valence-electron chi connectivity index (χ2n) is 6.89. The van der Waals surface area contributed by atoms with E-state index >= 15 is 0 Å². The number of benzene rings is 2. The van der Waals surface area contributed by atoms with E-state index in [2.05, 4.69) is 11.6 Å². The van der Waals surface area contributed by atoms with Gasteiger partial charge in [-0.3, -0.25) is 14.5 Å². The summed E-state index contributed by atoms with van der Waals surface area (Å²) in [6, 6.07) is 20.1. The van der Waals surface area contributed by atoms with Gasteiger partial charge in [0.1, 0.15) is 23.9 Å². The van der Waals surface area contributed by atoms with Crippen LogP contribution in [0.25, 0.3) is 5.76 Å². The average molecular weight is 412 g/mol. The van der Waals surface area contributed by atoms with Crippen LogP contribution in [0.2, 0.25) is 0 Å². The van der Waals surface area contributed by atoms with E-state index in [1.54, 1.807) is 54.7 Å². The van der Waals surface area contributed by atoms with Crippen LogP contribution in [-0.4, -0.2) is 28.4 Å². The lowest BCUT2D eigenvalue weighted by Gasteiger charge is -2.24. The Hall–Kier alpha value is -4.19. The number of rotatable bonds is 6. The Labute approximate surface area is 179 Å². The van der Waals surface area contributed by atoms with Crippen LogP contribution in [0.1, 0.15) is 17.2 Å². The van der Waals surface area contributed by atoms with Crippen LogP contribution in [0.15, 0.2) is 97.2 Å². The van der Waals surface area contributed by atoms with Gasteiger partial charge in [0, 0.05) is 11.8 Å². The summed E-state index contributed by atoms with van der Waals surface area (Å²) in [5.74, 6) is -0.805. The SMILES string of the molecule is C=CCOc1ccc(/C(O)=C2\C(=O)C(=O)N(c3ccccn3)C2c2ccccc2)cc1. The molecule has 0 radical (unpaired) electrons. The van der Waals surface area contributed by atoms with E-state index in [0.29, 0.717) is 29.3 Å². The topological polar surface area (TPSA) is 79.7 Å². The maximum Gasteiger partial charge on any atom is 0.301 e. The van der Waals surface area contributed by atoms with Crippen LogP contribution >= 0.6 is 0 Å². The smallest absolute Gasteiger partial charge is 0.301 e. The number of pyridine rings is 1. The zero-order valence-electron chi connectivity index (χ0n) is 16.6. The Morgan fingerprint density at radius 3 is 2.39 bits per heavy atom. The largest absolute Gasteiger partial charge is 0.507 e. The number of ketones is 1. The number of anilines is 1. The van der Waals surface area contributed by atoms with Crippen LogP contribution in [0, 0.1) is 0 Å². The molecule has 1 atom stereocenters. The molecule has 0 bridgehead atoms. The van der Waals surface area contributed by atoms with E-state index in [0.717, 1.165) is 0 Å². The minimum Gasteiger partial charge on any atom is -0.507 e. The fourth-order valence-corrected chi connectivity index (χ4v) is 3.54. The number of nitrogens with zero attached hydrogens (tertiary/aromatic N) is 2. The average Bonchev–Trinajstić information content (AvgIpc) is 3.09. The van der Waals surface area contributed by atoms with Crippen molar-refractivity contribution in [2.75, 3.05) is 11.5 Å². The maximum atomic E-state index is 13.0. The number of aliphatic hydroxyl groups is 1. The van der Waals surface area contributed by atoms with Crippen molar-refractivity contribution < 1.29 is 19.4 Å². The van der Waals surface area contributed by atoms with Crippen molar-refractivity contribution >= 4 is 23.3 Å². The second-order valence-corrected chi connectivity index (χ2v) is 6.89. The Morgan fingerprint density at radius 1 is 1.03 bits per heavy atom. The quantitative estimate of drug-likeness (QED) is 0.283. The minimum atomic E-state index is -0.798. The van der Waals surface area contributed by atoms with E-state index in [1.807, 2.05) is 30.3 Å². The van der Waals surface area contributed by atoms with Gasteiger partial charge in [-0.25, -0.2) is 4.98 Å². The molecule has 2 heterocycles. The molecule has 0 saturated carbocycles. The second kappa shape index (κ2) is 8.67. The van der Waals surface area contributed by atoms with Gasteiger partial charge in [-0.2, -0.15) is 0 Å². The molecule has 0 aliphatic carbocycles. The van der Waals surface area contributed by atoms with Gasteiger partial charge in [-0.1, -0.05) is 49.1 Å². The molecule has 1 saturated heterocycles. The Kier molecular flexibility index (Phi) is 5.62. The van der Waals surface area contributed by atoms with Crippen molar-refractivity contribution in [1.29, 1.82) is 0 Å². The van der Waals surface area contributed by atoms with Crippen LogP contribution in [0.3, 0.4) is 0 Å². The van der Waals surface area contributed by atoms with Crippen molar-refractivity contribution in [2.24, 2.45) is 0 Å². The molecule has 31 heavy (non-hydrogen) atoms. The Balaban J connectivity index is 1.83. The van der Waals surface area contributed by atoms with Gasteiger partial charge in [0.25, 0.3) is 5.78 Å². The van der Waals surface area contributed by atoms with E-state index in [1.165, 1.54) is 4.90 Å². The highest BCUT2D eigenvalue weighted by Gasteiger charge is 2.47. The lowest BCUT2D eigenvalue weighted by molar-refractivity contribution is -0.132. The Bertz CT molecular complexity index is 1140. The fourth-order valence-electron chi connectivity index (χ4n) is 3.54. The first-order valence-corrected chi connectivity index (χ1v) is 9.73. The first kappa shape index (κ1) is 20.1. The summed E-state index contributed by atoms with van der Waals surface area (Å²) in [5, 5.41) is 11.1. The number of Topliss-reactive ketones (excluding diaryl/α,β-unsaturated/α-hetero) is 1. The van der Waals surface area contributed by atoms with Gasteiger partial charge >= 0.3 is 5.91 Å². The molecule has 6 nitrogen and oxygen atoms in total. The standard InChI is InChI=1S/C25H20N2O4/c1-2-16-31-19-13-11-18(12-14-19)23(28)21-22(17-8-4-3-5-9-17)27(25(30)24(21)29)20-10-6-7-15-26-20/h2-15,22,28H,1,16H2/b23-21+. The summed E-state index contributed by atoms with van der Waals surface area (Å²) in [7, 11) is 0. The third kappa shape index (κ3) is 3.83. The summed E-state index contributed by atoms with van der Waals surface area (Å²) < 4.78 is 5.47. The van der Waals surface area contributed by atoms with Crippen LogP contribution in [-0.2, 0) is 9.59 Å². The minimum absolute atomic E-state index is 0.0154. The molecule has 1 fully saturated rings. The summed E-state index contributed by atoms with van der Waals surface area (Å²) in [4.78, 5) is 31.6. The number of carbonyl (C=O) groups is 2. The highest BCUT2D eigenvalue weighted by Crippen LogP contribution is 2.41. The van der Waals surface area contributed by atoms with Crippen molar-refractivity contribution in [3.8, 4) is 5.75 Å². The van der Waals surface area contributed by atoms with Crippen LogP contribution < -0.4 is 9.64 Å². The summed E-state index contributed by atoms with van der Waals surface area (Å²) in [6.45, 7) is 3.96. The van der Waals surface area contributed by atoms with Crippen LogP contribution in [0.4, 0.5) is 5.82 Å². The molecule has 3 aromatic rings. The highest BCUT2D eigenvalue weighted by atomic mass is 16.5. The number of ether oxygens (including phenoxy) is 1. The number of amides is 1. The number of carbonyl (C=O) groups excluding carboxylic acids is 2. The predicted molar refractivity (Wildman–Crippen MR) is 118 cm³/mol. The molecule has 1 unspecified atom stereocenters. The molecule has 1 aliphatic heterocycles. The summed E-state index contributed by atoms with van der Waals surface area (Å²) in [5.41, 5.74) is 1.12. The number of hydrogen-bond donors (Lipinski definition) is 1. The van der Waals surface area contributed by atoms with Crippen LogP contribution in [0.5, 0.6) is 5.75 Å². The fraction of sp³-hybridized carbons (Fsp3) is 0.0800. The van der Waals surface area contributed by atoms with E-state index < -0.39 is 17.7 Å². The third-order valence-electron chi connectivity index (χ3n) is 4.95. The number of hydrogen-bond acceptors (Lipinski definition) is 5. The summed E-state index contributed by atoms with van der Waals surface area (Å²) in [6.07, 6.45) is 3.19. The van der Waals surface area contributed by atoms with Gasteiger partial charge in [0.05, 0.1) is 11.6 Å². The molecule has 0 spiro atoms. The molecule has 1 aliphatic rings. The highest BCUT2D eigenvalue weighted by molar-refractivity contribution is 6.51. The summed E-state index contributed by atoms with van der Waals surface area (Å²) >= 11 is 0. The molecule has 4 rings (SSSR count). The normalized spacial score (nSPS) is 17.5. The van der Waals surface area contributed by atoms with E-state index in [4.69, 9.17) is 4.74 Å². The van der Waals surface area contributed by atoms with Gasteiger partial charge in [-0.15, -0.1) is 0 Å². The zero-order chi connectivity index (χ0) is 21.8. The molecule has 154 valence electrons. The van der Waals surface area contributed by atoms with Crippen molar-refractivity contribution in [3.63, 3.8) is 0 Å². The van der Waals surface area contributed by atoms with Crippen molar-refractivity contribution in [3.05, 3.63) is 108 Å². The van der Waals surface area contributed by atoms with E-state index in [-0.39, 0.29) is 11.3 Å². The number of aliphatic hydroxyl groups excluding tert-OH is 1. The zero-order valence-corrected chi connectivity index (χ0v) is 16.6. The van der Waals surface area contributed by atoms with Gasteiger partial charge in [0.2, 0.25) is 0 Å². The molecular formula is C25H20N2O4. The van der Waals surface area contributed by atoms with Crippen molar-refractivity contribution in [1.82, 2.24) is 4.98 Å². The lowest BCUT2D eigenvalue weighted by Crippen LogP contribution is -2.30.